The minimum atomic E-state index is -3.68. The SMILES string of the molecule is CCC(C(=O)Nc1cccc(C(C)=O)c1)N(c1ccc(C)cc1)S(C)(=O)=O. The molecule has 1 unspecified atom stereocenters. The molecule has 0 aliphatic rings. The van der Waals surface area contributed by atoms with Gasteiger partial charge in [-0.05, 0) is 44.5 Å². The van der Waals surface area contributed by atoms with E-state index in [4.69, 9.17) is 0 Å². The predicted octanol–water partition coefficient (Wildman–Crippen LogP) is 3.38. The highest BCUT2D eigenvalue weighted by molar-refractivity contribution is 7.92. The summed E-state index contributed by atoms with van der Waals surface area (Å²) in [7, 11) is -3.68. The Bertz CT molecular complexity index is 937. The number of hydrogen-bond acceptors (Lipinski definition) is 4. The van der Waals surface area contributed by atoms with Gasteiger partial charge in [-0.15, -0.1) is 0 Å². The second-order valence-electron chi connectivity index (χ2n) is 6.44. The third-order valence-corrected chi connectivity index (χ3v) is 5.33. The first-order chi connectivity index (χ1) is 12.6. The second kappa shape index (κ2) is 8.35. The normalized spacial score (nSPS) is 12.3. The summed E-state index contributed by atoms with van der Waals surface area (Å²) in [5.74, 6) is -0.570. The number of ketones is 1. The van der Waals surface area contributed by atoms with Crippen molar-refractivity contribution in [1.82, 2.24) is 0 Å². The van der Waals surface area contributed by atoms with Crippen LogP contribution in [0.3, 0.4) is 0 Å². The summed E-state index contributed by atoms with van der Waals surface area (Å²) in [6, 6.07) is 12.6. The molecule has 2 aromatic rings. The number of Topliss-reactive ketones (excluding diaryl/α,β-unsaturated/α-hetero) is 1. The van der Waals surface area contributed by atoms with Crippen molar-refractivity contribution < 1.29 is 18.0 Å². The summed E-state index contributed by atoms with van der Waals surface area (Å²) in [5.41, 5.74) is 2.34. The lowest BCUT2D eigenvalue weighted by Gasteiger charge is -2.30. The van der Waals surface area contributed by atoms with Gasteiger partial charge < -0.3 is 5.32 Å². The van der Waals surface area contributed by atoms with Gasteiger partial charge in [0.25, 0.3) is 0 Å². The van der Waals surface area contributed by atoms with Crippen LogP contribution in [0.25, 0.3) is 0 Å². The number of sulfonamides is 1. The Labute approximate surface area is 160 Å². The van der Waals surface area contributed by atoms with Crippen molar-refractivity contribution >= 4 is 33.1 Å². The third-order valence-electron chi connectivity index (χ3n) is 4.15. The fourth-order valence-electron chi connectivity index (χ4n) is 2.79. The number of amides is 1. The van der Waals surface area contributed by atoms with Crippen LogP contribution in [0.2, 0.25) is 0 Å². The molecule has 144 valence electrons. The molecule has 2 rings (SSSR count). The van der Waals surface area contributed by atoms with Gasteiger partial charge in [0.1, 0.15) is 6.04 Å². The minimum Gasteiger partial charge on any atom is -0.324 e. The average molecular weight is 388 g/mol. The molecule has 0 radical (unpaired) electrons. The Kier molecular flexibility index (Phi) is 6.38. The van der Waals surface area contributed by atoms with Gasteiger partial charge in [-0.3, -0.25) is 13.9 Å². The van der Waals surface area contributed by atoms with Crippen molar-refractivity contribution in [2.75, 3.05) is 15.9 Å². The number of nitrogens with zero attached hydrogens (tertiary/aromatic N) is 1. The smallest absolute Gasteiger partial charge is 0.248 e. The van der Waals surface area contributed by atoms with Crippen LogP contribution in [0.4, 0.5) is 11.4 Å². The lowest BCUT2D eigenvalue weighted by molar-refractivity contribution is -0.117. The molecule has 27 heavy (non-hydrogen) atoms. The third kappa shape index (κ3) is 5.17. The Morgan fingerprint density at radius 3 is 2.26 bits per heavy atom. The number of aryl methyl sites for hydroxylation is 1. The molecule has 0 aliphatic heterocycles. The van der Waals surface area contributed by atoms with Crippen LogP contribution in [0.15, 0.2) is 48.5 Å². The van der Waals surface area contributed by atoms with E-state index in [-0.39, 0.29) is 5.78 Å². The molecule has 0 saturated carbocycles. The topological polar surface area (TPSA) is 83.6 Å². The Morgan fingerprint density at radius 1 is 1.11 bits per heavy atom. The largest absolute Gasteiger partial charge is 0.324 e. The lowest BCUT2D eigenvalue weighted by Crippen LogP contribution is -2.47. The van der Waals surface area contributed by atoms with E-state index in [9.17, 15) is 18.0 Å². The van der Waals surface area contributed by atoms with Crippen molar-refractivity contribution in [2.45, 2.75) is 33.2 Å². The van der Waals surface area contributed by atoms with Crippen LogP contribution in [0.5, 0.6) is 0 Å². The van der Waals surface area contributed by atoms with E-state index in [1.807, 2.05) is 6.92 Å². The summed E-state index contributed by atoms with van der Waals surface area (Å²) in [6.45, 7) is 5.10. The van der Waals surface area contributed by atoms with Crippen molar-refractivity contribution in [3.05, 3.63) is 59.7 Å². The number of rotatable bonds is 7. The molecule has 0 spiro atoms. The standard InChI is InChI=1S/C20H24N2O4S/c1-5-19(20(24)21-17-8-6-7-16(13-17)15(3)23)22(27(4,25)26)18-11-9-14(2)10-12-18/h6-13,19H,5H2,1-4H3,(H,21,24). The molecule has 1 amide bonds. The quantitative estimate of drug-likeness (QED) is 0.737. The van der Waals surface area contributed by atoms with E-state index >= 15 is 0 Å². The highest BCUT2D eigenvalue weighted by Crippen LogP contribution is 2.24. The molecule has 1 N–H and O–H groups in total. The van der Waals surface area contributed by atoms with Crippen LogP contribution >= 0.6 is 0 Å². The van der Waals surface area contributed by atoms with Crippen LogP contribution in [0.1, 0.15) is 36.2 Å². The van der Waals surface area contributed by atoms with Gasteiger partial charge in [-0.2, -0.15) is 0 Å². The summed E-state index contributed by atoms with van der Waals surface area (Å²) < 4.78 is 26.0. The van der Waals surface area contributed by atoms with Crippen molar-refractivity contribution in [2.24, 2.45) is 0 Å². The molecule has 6 nitrogen and oxygen atoms in total. The molecule has 7 heteroatoms. The first-order valence-electron chi connectivity index (χ1n) is 8.61. The number of anilines is 2. The molecule has 0 bridgehead atoms. The van der Waals surface area contributed by atoms with E-state index in [1.165, 1.54) is 6.92 Å². The number of benzene rings is 2. The fourth-order valence-corrected chi connectivity index (χ4v) is 4.01. The molecule has 2 aromatic carbocycles. The highest BCUT2D eigenvalue weighted by atomic mass is 32.2. The number of hydrogen-bond donors (Lipinski definition) is 1. The molecule has 0 heterocycles. The maximum atomic E-state index is 12.9. The van der Waals surface area contributed by atoms with Crippen molar-refractivity contribution in [3.8, 4) is 0 Å². The summed E-state index contributed by atoms with van der Waals surface area (Å²) in [4.78, 5) is 24.4. The Balaban J connectivity index is 2.36. The summed E-state index contributed by atoms with van der Waals surface area (Å²) in [5, 5.41) is 2.72. The molecule has 0 aliphatic carbocycles. The van der Waals surface area contributed by atoms with E-state index in [1.54, 1.807) is 55.5 Å². The predicted molar refractivity (Wildman–Crippen MR) is 108 cm³/mol. The minimum absolute atomic E-state index is 0.115. The van der Waals surface area contributed by atoms with Crippen LogP contribution in [-0.2, 0) is 14.8 Å². The zero-order valence-corrected chi connectivity index (χ0v) is 16.7. The van der Waals surface area contributed by atoms with E-state index in [2.05, 4.69) is 5.32 Å². The van der Waals surface area contributed by atoms with Crippen LogP contribution < -0.4 is 9.62 Å². The molecular formula is C20H24N2O4S. The second-order valence-corrected chi connectivity index (χ2v) is 8.30. The van der Waals surface area contributed by atoms with E-state index in [0.717, 1.165) is 16.1 Å². The molecule has 0 aromatic heterocycles. The molecule has 0 fully saturated rings. The van der Waals surface area contributed by atoms with Crippen molar-refractivity contribution in [1.29, 1.82) is 0 Å². The summed E-state index contributed by atoms with van der Waals surface area (Å²) in [6.07, 6.45) is 1.37. The van der Waals surface area contributed by atoms with Crippen LogP contribution in [0, 0.1) is 6.92 Å². The summed E-state index contributed by atoms with van der Waals surface area (Å²) >= 11 is 0. The molecule has 1 atom stereocenters. The van der Waals surface area contributed by atoms with Gasteiger partial charge in [0, 0.05) is 11.3 Å². The molecular weight excluding hydrogens is 364 g/mol. The first kappa shape index (κ1) is 20.6. The zero-order chi connectivity index (χ0) is 20.2. The number of nitrogens with one attached hydrogen (secondary N) is 1. The van der Waals surface area contributed by atoms with Gasteiger partial charge in [-0.1, -0.05) is 36.8 Å². The van der Waals surface area contributed by atoms with E-state index < -0.39 is 22.0 Å². The maximum absolute atomic E-state index is 12.9. The van der Waals surface area contributed by atoms with Gasteiger partial charge in [0.05, 0.1) is 11.9 Å². The maximum Gasteiger partial charge on any atom is 0.248 e. The van der Waals surface area contributed by atoms with Gasteiger partial charge in [-0.25, -0.2) is 8.42 Å². The van der Waals surface area contributed by atoms with Crippen molar-refractivity contribution in [3.63, 3.8) is 0 Å². The van der Waals surface area contributed by atoms with Gasteiger partial charge >= 0.3 is 0 Å². The number of carbonyl (C=O) groups excluding carboxylic acids is 2. The Morgan fingerprint density at radius 2 is 1.74 bits per heavy atom. The molecule has 0 saturated heterocycles. The Hall–Kier alpha value is -2.67. The monoisotopic (exact) mass is 388 g/mol. The van der Waals surface area contributed by atoms with Gasteiger partial charge in [0.15, 0.2) is 5.78 Å². The first-order valence-corrected chi connectivity index (χ1v) is 10.5. The zero-order valence-electron chi connectivity index (χ0n) is 15.9. The van der Waals surface area contributed by atoms with Gasteiger partial charge in [0.2, 0.25) is 15.9 Å². The van der Waals surface area contributed by atoms with E-state index in [0.29, 0.717) is 23.4 Å². The van der Waals surface area contributed by atoms with Crippen LogP contribution in [-0.4, -0.2) is 32.4 Å². The lowest BCUT2D eigenvalue weighted by atomic mass is 10.1. The number of carbonyl (C=O) groups is 2. The highest BCUT2D eigenvalue weighted by Gasteiger charge is 2.31. The fraction of sp³-hybridized carbons (Fsp3) is 0.300. The average Bonchev–Trinajstić information content (AvgIpc) is 2.59.